The number of rotatable bonds is 5. The number of nitrogens with one attached hydrogen (secondary N) is 1. The maximum Gasteiger partial charge on any atom is 0.224 e. The number of amides is 1. The predicted molar refractivity (Wildman–Crippen MR) is 59.7 cm³/mol. The van der Waals surface area contributed by atoms with E-state index >= 15 is 0 Å². The number of methoxy groups -OCH3 is 1. The largest absolute Gasteiger partial charge is 0.380 e. The summed E-state index contributed by atoms with van der Waals surface area (Å²) >= 11 is 0. The van der Waals surface area contributed by atoms with E-state index in [4.69, 9.17) is 4.74 Å². The van der Waals surface area contributed by atoms with Crippen molar-refractivity contribution in [3.63, 3.8) is 0 Å². The third-order valence-electron chi connectivity index (χ3n) is 2.86. The first-order valence-corrected chi connectivity index (χ1v) is 5.71. The second-order valence-electron chi connectivity index (χ2n) is 4.15. The molecule has 0 spiro atoms. The molecule has 2 atom stereocenters. The molecule has 1 rings (SSSR count). The number of hydrogen-bond donors (Lipinski definition) is 1. The third kappa shape index (κ3) is 3.80. The number of ether oxygens (including phenoxy) is 1. The number of carbonyl (C=O) groups excluding carboxylic acids is 1. The first-order valence-electron chi connectivity index (χ1n) is 5.71. The lowest BCUT2D eigenvalue weighted by molar-refractivity contribution is -0.131. The average molecular weight is 214 g/mol. The molecule has 1 N–H and O–H groups in total. The van der Waals surface area contributed by atoms with Crippen LogP contribution in [0.3, 0.4) is 0 Å². The minimum absolute atomic E-state index is 0.239. The van der Waals surface area contributed by atoms with Crippen LogP contribution >= 0.6 is 0 Å². The predicted octanol–water partition coefficient (Wildman–Crippen LogP) is 0.622. The van der Waals surface area contributed by atoms with Crippen molar-refractivity contribution in [1.82, 2.24) is 10.2 Å². The highest BCUT2D eigenvalue weighted by Crippen LogP contribution is 2.13. The fraction of sp³-hybridized carbons (Fsp3) is 0.909. The number of carbonyl (C=O) groups is 1. The fourth-order valence-corrected chi connectivity index (χ4v) is 1.96. The lowest BCUT2D eigenvalue weighted by Crippen LogP contribution is -2.36. The molecule has 0 aromatic heterocycles. The van der Waals surface area contributed by atoms with Crippen molar-refractivity contribution in [3.8, 4) is 0 Å². The van der Waals surface area contributed by atoms with Gasteiger partial charge in [0.2, 0.25) is 5.91 Å². The van der Waals surface area contributed by atoms with E-state index in [2.05, 4.69) is 12.2 Å². The van der Waals surface area contributed by atoms with E-state index in [-0.39, 0.29) is 18.1 Å². The van der Waals surface area contributed by atoms with E-state index in [9.17, 15) is 4.79 Å². The maximum atomic E-state index is 11.8. The van der Waals surface area contributed by atoms with Crippen molar-refractivity contribution >= 4 is 5.91 Å². The lowest BCUT2D eigenvalue weighted by atomic mass is 10.2. The lowest BCUT2D eigenvalue weighted by Gasteiger charge is -2.19. The molecular weight excluding hydrogens is 192 g/mol. The Labute approximate surface area is 92.0 Å². The van der Waals surface area contributed by atoms with Crippen LogP contribution in [-0.4, -0.2) is 49.7 Å². The van der Waals surface area contributed by atoms with Crippen molar-refractivity contribution in [2.24, 2.45) is 0 Å². The Bertz CT molecular complexity index is 209. The second kappa shape index (κ2) is 6.08. The molecule has 1 aliphatic heterocycles. The molecule has 0 aliphatic carbocycles. The van der Waals surface area contributed by atoms with Gasteiger partial charge in [-0.1, -0.05) is 6.92 Å². The van der Waals surface area contributed by atoms with Crippen molar-refractivity contribution in [1.29, 1.82) is 0 Å². The van der Waals surface area contributed by atoms with Crippen LogP contribution < -0.4 is 5.32 Å². The van der Waals surface area contributed by atoms with E-state index in [1.807, 2.05) is 11.8 Å². The molecule has 0 bridgehead atoms. The summed E-state index contributed by atoms with van der Waals surface area (Å²) in [7, 11) is 1.71. The molecular formula is C11H22N2O2. The molecule has 4 nitrogen and oxygen atoms in total. The van der Waals surface area contributed by atoms with Crippen LogP contribution in [0.1, 0.15) is 26.7 Å². The van der Waals surface area contributed by atoms with Gasteiger partial charge in [-0.05, 0) is 19.9 Å². The zero-order valence-electron chi connectivity index (χ0n) is 9.95. The Hall–Kier alpha value is -0.610. The van der Waals surface area contributed by atoms with Gasteiger partial charge in [0.1, 0.15) is 0 Å². The van der Waals surface area contributed by atoms with Crippen molar-refractivity contribution in [3.05, 3.63) is 0 Å². The summed E-state index contributed by atoms with van der Waals surface area (Å²) in [5, 5.41) is 3.25. The monoisotopic (exact) mass is 214 g/mol. The smallest absolute Gasteiger partial charge is 0.224 e. The van der Waals surface area contributed by atoms with E-state index in [0.717, 1.165) is 26.1 Å². The molecule has 1 amide bonds. The summed E-state index contributed by atoms with van der Waals surface area (Å²) < 4.78 is 5.23. The summed E-state index contributed by atoms with van der Waals surface area (Å²) in [6, 6.07) is 0.268. The summed E-state index contributed by atoms with van der Waals surface area (Å²) in [4.78, 5) is 13.7. The number of hydrogen-bond acceptors (Lipinski definition) is 3. The van der Waals surface area contributed by atoms with Crippen LogP contribution in [0.25, 0.3) is 0 Å². The highest BCUT2D eigenvalue weighted by Gasteiger charge is 2.26. The van der Waals surface area contributed by atoms with Gasteiger partial charge < -0.3 is 15.0 Å². The molecule has 2 unspecified atom stereocenters. The Balaban J connectivity index is 2.29. The topological polar surface area (TPSA) is 41.6 Å². The third-order valence-corrected chi connectivity index (χ3v) is 2.86. The maximum absolute atomic E-state index is 11.8. The Morgan fingerprint density at radius 1 is 1.67 bits per heavy atom. The SMILES string of the molecule is CCNC(C)CC(=O)N1CCC(OC)C1. The van der Waals surface area contributed by atoms with Gasteiger partial charge in [0.25, 0.3) is 0 Å². The van der Waals surface area contributed by atoms with Crippen LogP contribution in [0.15, 0.2) is 0 Å². The molecule has 1 aliphatic rings. The summed E-state index contributed by atoms with van der Waals surface area (Å²) in [6.07, 6.45) is 1.80. The standard InChI is InChI=1S/C11H22N2O2/c1-4-12-9(2)7-11(14)13-6-5-10(8-13)15-3/h9-10,12H,4-8H2,1-3H3. The van der Waals surface area contributed by atoms with Crippen LogP contribution in [0, 0.1) is 0 Å². The highest BCUT2D eigenvalue weighted by atomic mass is 16.5. The van der Waals surface area contributed by atoms with E-state index < -0.39 is 0 Å². The van der Waals surface area contributed by atoms with Gasteiger partial charge in [-0.3, -0.25) is 4.79 Å². The normalized spacial score (nSPS) is 23.1. The first kappa shape index (κ1) is 12.5. The van der Waals surface area contributed by atoms with Gasteiger partial charge in [-0.2, -0.15) is 0 Å². The average Bonchev–Trinajstić information content (AvgIpc) is 2.66. The molecule has 1 fully saturated rings. The Kier molecular flexibility index (Phi) is 5.05. The fourth-order valence-electron chi connectivity index (χ4n) is 1.96. The minimum Gasteiger partial charge on any atom is -0.380 e. The highest BCUT2D eigenvalue weighted by molar-refractivity contribution is 5.77. The van der Waals surface area contributed by atoms with E-state index in [1.54, 1.807) is 7.11 Å². The van der Waals surface area contributed by atoms with Crippen LogP contribution in [0.4, 0.5) is 0 Å². The van der Waals surface area contributed by atoms with Crippen molar-refractivity contribution in [2.75, 3.05) is 26.7 Å². The van der Waals surface area contributed by atoms with Gasteiger partial charge in [0.15, 0.2) is 0 Å². The molecule has 0 aromatic rings. The molecule has 88 valence electrons. The number of likely N-dealkylation sites (tertiary alicyclic amines) is 1. The quantitative estimate of drug-likeness (QED) is 0.729. The minimum atomic E-state index is 0.239. The summed E-state index contributed by atoms with van der Waals surface area (Å²) in [6.45, 7) is 6.61. The Morgan fingerprint density at radius 3 is 2.93 bits per heavy atom. The molecule has 4 heteroatoms. The van der Waals surface area contributed by atoms with Gasteiger partial charge in [0, 0.05) is 32.7 Å². The summed E-state index contributed by atoms with van der Waals surface area (Å²) in [5.74, 6) is 0.239. The molecule has 1 heterocycles. The molecule has 15 heavy (non-hydrogen) atoms. The first-order chi connectivity index (χ1) is 7.17. The zero-order valence-corrected chi connectivity index (χ0v) is 9.95. The van der Waals surface area contributed by atoms with Crippen LogP contribution in [-0.2, 0) is 9.53 Å². The van der Waals surface area contributed by atoms with Crippen molar-refractivity contribution in [2.45, 2.75) is 38.8 Å². The molecule has 0 aromatic carbocycles. The molecule has 1 saturated heterocycles. The summed E-state index contributed by atoms with van der Waals surface area (Å²) in [5.41, 5.74) is 0. The van der Waals surface area contributed by atoms with Gasteiger partial charge in [0.05, 0.1) is 6.10 Å². The van der Waals surface area contributed by atoms with Gasteiger partial charge >= 0.3 is 0 Å². The van der Waals surface area contributed by atoms with Crippen molar-refractivity contribution < 1.29 is 9.53 Å². The number of nitrogens with zero attached hydrogens (tertiary/aromatic N) is 1. The van der Waals surface area contributed by atoms with E-state index in [0.29, 0.717) is 6.42 Å². The Morgan fingerprint density at radius 2 is 2.40 bits per heavy atom. The van der Waals surface area contributed by atoms with Gasteiger partial charge in [-0.15, -0.1) is 0 Å². The van der Waals surface area contributed by atoms with E-state index in [1.165, 1.54) is 0 Å². The zero-order chi connectivity index (χ0) is 11.3. The van der Waals surface area contributed by atoms with Gasteiger partial charge in [-0.25, -0.2) is 0 Å². The molecule has 0 saturated carbocycles. The second-order valence-corrected chi connectivity index (χ2v) is 4.15. The van der Waals surface area contributed by atoms with Crippen LogP contribution in [0.5, 0.6) is 0 Å². The van der Waals surface area contributed by atoms with Crippen LogP contribution in [0.2, 0.25) is 0 Å². The molecule has 0 radical (unpaired) electrons.